The molecule has 1 rings (SSSR count). The Balaban J connectivity index is 0.00000121. The van der Waals surface area contributed by atoms with Gasteiger partial charge in [-0.3, -0.25) is 4.21 Å². The van der Waals surface area contributed by atoms with Crippen molar-refractivity contribution in [3.05, 3.63) is 28.5 Å². The van der Waals surface area contributed by atoms with E-state index >= 15 is 0 Å². The molecule has 0 bridgehead atoms. The molecule has 1 atom stereocenters. The molecule has 60 valence electrons. The van der Waals surface area contributed by atoms with E-state index in [1.807, 2.05) is 0 Å². The van der Waals surface area contributed by atoms with E-state index in [1.54, 1.807) is 0 Å². The first-order valence-electron chi connectivity index (χ1n) is 2.65. The van der Waals surface area contributed by atoms with E-state index in [9.17, 15) is 13.2 Å². The van der Waals surface area contributed by atoms with Crippen LogP contribution in [0.2, 0.25) is 0 Å². The van der Waals surface area contributed by atoms with E-state index < -0.39 is 16.9 Å². The predicted molar refractivity (Wildman–Crippen MR) is 41.3 cm³/mol. The molecule has 12 heavy (non-hydrogen) atoms. The average Bonchev–Trinajstić information content (AvgIpc) is 1.85. The smallest absolute Gasteiger partial charge is 0.768 e. The summed E-state index contributed by atoms with van der Waals surface area (Å²) in [6.07, 6.45) is 0. The van der Waals surface area contributed by atoms with Crippen LogP contribution in [0.15, 0.2) is 27.6 Å². The fraction of sp³-hybridized carbons (Fsp3) is 0. The first kappa shape index (κ1) is 12.7. The molecule has 0 saturated heterocycles. The number of halogens is 2. The van der Waals surface area contributed by atoms with Gasteiger partial charge >= 0.3 is 29.6 Å². The molecular weight excluding hydrogens is 258 g/mol. The topological polar surface area (TPSA) is 40.1 Å². The van der Waals surface area contributed by atoms with Gasteiger partial charge < -0.3 is 4.55 Å². The maximum absolute atomic E-state index is 12.7. The van der Waals surface area contributed by atoms with Crippen molar-refractivity contribution in [1.82, 2.24) is 0 Å². The molecule has 0 aromatic heterocycles. The molecule has 0 fully saturated rings. The third kappa shape index (κ3) is 3.24. The Bertz CT molecular complexity index is 308. The maximum Gasteiger partial charge on any atom is 1.00 e. The van der Waals surface area contributed by atoms with Crippen molar-refractivity contribution in [3.63, 3.8) is 0 Å². The van der Waals surface area contributed by atoms with Crippen LogP contribution in [-0.4, -0.2) is 8.76 Å². The standard InChI is InChI=1S/C6H4BrFO2S.Na/c7-4-1-2-6(11(9)10)5(8)3-4;/h1-3H,(H,9,10);/q;+1/p-1. The van der Waals surface area contributed by atoms with E-state index in [1.165, 1.54) is 12.1 Å². The zero-order chi connectivity index (χ0) is 8.43. The van der Waals surface area contributed by atoms with E-state index in [-0.39, 0.29) is 34.5 Å². The molecule has 0 aliphatic rings. The molecule has 2 nitrogen and oxygen atoms in total. The van der Waals surface area contributed by atoms with Gasteiger partial charge in [-0.25, -0.2) is 4.39 Å². The summed E-state index contributed by atoms with van der Waals surface area (Å²) < 4.78 is 33.8. The quantitative estimate of drug-likeness (QED) is 0.472. The molecule has 6 heteroatoms. The Labute approximate surface area is 102 Å². The van der Waals surface area contributed by atoms with Gasteiger partial charge in [-0.05, 0) is 29.3 Å². The van der Waals surface area contributed by atoms with E-state index in [2.05, 4.69) is 15.9 Å². The minimum Gasteiger partial charge on any atom is -0.768 e. The van der Waals surface area contributed by atoms with Crippen molar-refractivity contribution in [2.45, 2.75) is 4.90 Å². The van der Waals surface area contributed by atoms with E-state index in [4.69, 9.17) is 0 Å². The van der Waals surface area contributed by atoms with Crippen LogP contribution in [0.25, 0.3) is 0 Å². The van der Waals surface area contributed by atoms with Gasteiger partial charge in [0.1, 0.15) is 5.82 Å². The van der Waals surface area contributed by atoms with Crippen molar-refractivity contribution in [2.24, 2.45) is 0 Å². The second-order valence-electron chi connectivity index (χ2n) is 1.81. The minimum atomic E-state index is -2.49. The summed E-state index contributed by atoms with van der Waals surface area (Å²) in [7, 11) is 0. The first-order valence-corrected chi connectivity index (χ1v) is 4.52. The van der Waals surface area contributed by atoms with Crippen molar-refractivity contribution in [2.75, 3.05) is 0 Å². The van der Waals surface area contributed by atoms with Crippen LogP contribution in [-0.2, 0) is 11.1 Å². The van der Waals surface area contributed by atoms with Crippen LogP contribution in [0.3, 0.4) is 0 Å². The van der Waals surface area contributed by atoms with Gasteiger partial charge in [0.2, 0.25) is 0 Å². The van der Waals surface area contributed by atoms with Gasteiger partial charge in [0, 0.05) is 4.47 Å². The summed E-state index contributed by atoms with van der Waals surface area (Å²) in [5.41, 5.74) is 0. The summed E-state index contributed by atoms with van der Waals surface area (Å²) in [6.45, 7) is 0. The van der Waals surface area contributed by atoms with Crippen LogP contribution in [0.1, 0.15) is 0 Å². The van der Waals surface area contributed by atoms with Crippen molar-refractivity contribution < 1.29 is 42.7 Å². The van der Waals surface area contributed by atoms with E-state index in [0.29, 0.717) is 4.47 Å². The first-order chi connectivity index (χ1) is 5.11. The second kappa shape index (κ2) is 5.47. The SMILES string of the molecule is O=S([O-])c1ccc(Br)cc1F.[Na+]. The van der Waals surface area contributed by atoms with Gasteiger partial charge in [0.15, 0.2) is 0 Å². The molecule has 0 radical (unpaired) electrons. The number of hydrogen-bond acceptors (Lipinski definition) is 2. The molecule has 0 aliphatic heterocycles. The van der Waals surface area contributed by atoms with Gasteiger partial charge in [-0.15, -0.1) is 0 Å². The maximum atomic E-state index is 12.7. The van der Waals surface area contributed by atoms with Gasteiger partial charge in [-0.2, -0.15) is 0 Å². The Hall–Kier alpha value is 0.740. The van der Waals surface area contributed by atoms with Crippen LogP contribution < -0.4 is 29.6 Å². The van der Waals surface area contributed by atoms with Crippen LogP contribution in [0.5, 0.6) is 0 Å². The Morgan fingerprint density at radius 3 is 2.50 bits per heavy atom. The Morgan fingerprint density at radius 1 is 1.50 bits per heavy atom. The fourth-order valence-corrected chi connectivity index (χ4v) is 1.34. The zero-order valence-electron chi connectivity index (χ0n) is 6.21. The Morgan fingerprint density at radius 2 is 2.08 bits per heavy atom. The van der Waals surface area contributed by atoms with Gasteiger partial charge in [0.25, 0.3) is 0 Å². The van der Waals surface area contributed by atoms with Crippen molar-refractivity contribution >= 4 is 27.0 Å². The summed E-state index contributed by atoms with van der Waals surface area (Å²) >= 11 is 0.510. The summed E-state index contributed by atoms with van der Waals surface area (Å²) in [4.78, 5) is -0.312. The number of benzene rings is 1. The third-order valence-electron chi connectivity index (χ3n) is 1.07. The predicted octanol–water partition coefficient (Wildman–Crippen LogP) is -1.17. The summed E-state index contributed by atoms with van der Waals surface area (Å²) in [6, 6.07) is 3.77. The third-order valence-corrected chi connectivity index (χ3v) is 2.26. The molecular formula is C6H3BrFNaO2S. The van der Waals surface area contributed by atoms with Gasteiger partial charge in [-0.1, -0.05) is 15.9 Å². The number of rotatable bonds is 1. The zero-order valence-corrected chi connectivity index (χ0v) is 10.6. The monoisotopic (exact) mass is 260 g/mol. The average molecular weight is 261 g/mol. The Kier molecular flexibility index (Phi) is 5.80. The number of hydrogen-bond donors (Lipinski definition) is 0. The molecule has 1 aromatic carbocycles. The normalized spacial score (nSPS) is 11.9. The van der Waals surface area contributed by atoms with Crippen molar-refractivity contribution in [1.29, 1.82) is 0 Å². The van der Waals surface area contributed by atoms with Gasteiger partial charge in [0.05, 0.1) is 4.90 Å². The molecule has 0 saturated carbocycles. The molecule has 1 aromatic rings. The second-order valence-corrected chi connectivity index (χ2v) is 3.63. The molecule has 0 heterocycles. The van der Waals surface area contributed by atoms with Crippen LogP contribution in [0, 0.1) is 5.82 Å². The fourth-order valence-electron chi connectivity index (χ4n) is 0.610. The van der Waals surface area contributed by atoms with E-state index in [0.717, 1.165) is 6.07 Å². The molecule has 0 aliphatic carbocycles. The minimum absolute atomic E-state index is 0. The van der Waals surface area contributed by atoms with Crippen LogP contribution >= 0.6 is 15.9 Å². The summed E-state index contributed by atoms with van der Waals surface area (Å²) in [5.74, 6) is -0.743. The van der Waals surface area contributed by atoms with Crippen LogP contribution in [0.4, 0.5) is 4.39 Å². The summed E-state index contributed by atoms with van der Waals surface area (Å²) in [5, 5.41) is 0. The van der Waals surface area contributed by atoms with Crippen molar-refractivity contribution in [3.8, 4) is 0 Å². The molecule has 0 amide bonds. The largest absolute Gasteiger partial charge is 1.00 e. The molecule has 0 spiro atoms. The molecule has 0 N–H and O–H groups in total. The molecule has 1 unspecified atom stereocenters.